The zero-order valence-electron chi connectivity index (χ0n) is 11.5. The highest BCUT2D eigenvalue weighted by molar-refractivity contribution is 5.55. The SMILES string of the molecule is CCC(=Cc1cccc(OC)c1)CNCCOC. The summed E-state index contributed by atoms with van der Waals surface area (Å²) in [6.07, 6.45) is 3.25. The molecule has 0 bridgehead atoms. The smallest absolute Gasteiger partial charge is 0.119 e. The lowest BCUT2D eigenvalue weighted by atomic mass is 10.1. The molecular weight excluding hydrogens is 226 g/mol. The molecule has 1 aromatic carbocycles. The normalized spacial score (nSPS) is 11.6. The van der Waals surface area contributed by atoms with Crippen LogP contribution in [-0.2, 0) is 4.74 Å². The van der Waals surface area contributed by atoms with Gasteiger partial charge >= 0.3 is 0 Å². The van der Waals surface area contributed by atoms with Gasteiger partial charge in [-0.15, -0.1) is 0 Å². The van der Waals surface area contributed by atoms with Crippen molar-refractivity contribution in [2.75, 3.05) is 33.9 Å². The van der Waals surface area contributed by atoms with Gasteiger partial charge in [-0.05, 0) is 24.1 Å². The second-order valence-electron chi connectivity index (χ2n) is 4.10. The summed E-state index contributed by atoms with van der Waals surface area (Å²) in [5, 5.41) is 3.36. The van der Waals surface area contributed by atoms with Gasteiger partial charge in [-0.1, -0.05) is 30.7 Å². The Morgan fingerprint density at radius 2 is 2.17 bits per heavy atom. The first-order valence-electron chi connectivity index (χ1n) is 6.33. The number of ether oxygens (including phenoxy) is 2. The summed E-state index contributed by atoms with van der Waals surface area (Å²) in [5.74, 6) is 0.895. The number of methoxy groups -OCH3 is 2. The van der Waals surface area contributed by atoms with Crippen LogP contribution in [-0.4, -0.2) is 33.9 Å². The van der Waals surface area contributed by atoms with Crippen LogP contribution in [0.3, 0.4) is 0 Å². The summed E-state index contributed by atoms with van der Waals surface area (Å²) in [7, 11) is 3.41. The molecule has 0 saturated carbocycles. The quantitative estimate of drug-likeness (QED) is 0.719. The van der Waals surface area contributed by atoms with Crippen molar-refractivity contribution in [2.24, 2.45) is 0 Å². The Morgan fingerprint density at radius 1 is 1.33 bits per heavy atom. The van der Waals surface area contributed by atoms with E-state index in [0.29, 0.717) is 0 Å². The van der Waals surface area contributed by atoms with Crippen LogP contribution in [0.5, 0.6) is 5.75 Å². The van der Waals surface area contributed by atoms with E-state index in [9.17, 15) is 0 Å². The lowest BCUT2D eigenvalue weighted by molar-refractivity contribution is 0.200. The third-order valence-electron chi connectivity index (χ3n) is 2.75. The van der Waals surface area contributed by atoms with E-state index in [0.717, 1.165) is 31.9 Å². The van der Waals surface area contributed by atoms with Crippen LogP contribution >= 0.6 is 0 Å². The molecule has 0 fully saturated rings. The van der Waals surface area contributed by atoms with Crippen molar-refractivity contribution >= 4 is 6.08 Å². The van der Waals surface area contributed by atoms with E-state index < -0.39 is 0 Å². The number of rotatable bonds is 8. The molecule has 0 spiro atoms. The first kappa shape index (κ1) is 14.7. The van der Waals surface area contributed by atoms with Crippen LogP contribution in [0.2, 0.25) is 0 Å². The zero-order chi connectivity index (χ0) is 13.2. The minimum atomic E-state index is 0.746. The third kappa shape index (κ3) is 5.34. The molecule has 18 heavy (non-hydrogen) atoms. The van der Waals surface area contributed by atoms with Crippen LogP contribution in [0.15, 0.2) is 29.8 Å². The zero-order valence-corrected chi connectivity index (χ0v) is 11.5. The van der Waals surface area contributed by atoms with Crippen molar-refractivity contribution in [3.63, 3.8) is 0 Å². The molecule has 1 N–H and O–H groups in total. The van der Waals surface area contributed by atoms with Crippen LogP contribution in [0, 0.1) is 0 Å². The molecule has 3 heteroatoms. The second-order valence-corrected chi connectivity index (χ2v) is 4.10. The molecule has 3 nitrogen and oxygen atoms in total. The molecule has 0 atom stereocenters. The Morgan fingerprint density at radius 3 is 2.83 bits per heavy atom. The van der Waals surface area contributed by atoms with E-state index in [1.54, 1.807) is 14.2 Å². The molecule has 0 amide bonds. The van der Waals surface area contributed by atoms with Crippen molar-refractivity contribution in [2.45, 2.75) is 13.3 Å². The molecule has 0 aliphatic carbocycles. The highest BCUT2D eigenvalue weighted by Gasteiger charge is 1.97. The van der Waals surface area contributed by atoms with Gasteiger partial charge in [0.2, 0.25) is 0 Å². The molecule has 0 aliphatic heterocycles. The largest absolute Gasteiger partial charge is 0.497 e. The summed E-state index contributed by atoms with van der Waals surface area (Å²) in [4.78, 5) is 0. The van der Waals surface area contributed by atoms with Gasteiger partial charge in [-0.3, -0.25) is 0 Å². The Labute approximate surface area is 110 Å². The van der Waals surface area contributed by atoms with Crippen molar-refractivity contribution in [1.29, 1.82) is 0 Å². The van der Waals surface area contributed by atoms with Gasteiger partial charge in [0, 0.05) is 20.2 Å². The first-order valence-corrected chi connectivity index (χ1v) is 6.33. The van der Waals surface area contributed by atoms with E-state index in [1.807, 2.05) is 18.2 Å². The number of hydrogen-bond acceptors (Lipinski definition) is 3. The second kappa shape index (κ2) is 8.72. The predicted octanol–water partition coefficient (Wildman–Crippen LogP) is 2.72. The average Bonchev–Trinajstić information content (AvgIpc) is 2.42. The molecule has 1 rings (SSSR count). The highest BCUT2D eigenvalue weighted by atomic mass is 16.5. The molecule has 0 radical (unpaired) electrons. The Bertz CT molecular complexity index is 375. The summed E-state index contributed by atoms with van der Waals surface area (Å²) in [5.41, 5.74) is 2.55. The maximum Gasteiger partial charge on any atom is 0.119 e. The molecule has 0 aromatic heterocycles. The Hall–Kier alpha value is -1.32. The number of hydrogen-bond donors (Lipinski definition) is 1. The lowest BCUT2D eigenvalue weighted by Crippen LogP contribution is -2.21. The monoisotopic (exact) mass is 249 g/mol. The maximum atomic E-state index is 5.22. The van der Waals surface area contributed by atoms with E-state index in [2.05, 4.69) is 24.4 Å². The van der Waals surface area contributed by atoms with E-state index in [-0.39, 0.29) is 0 Å². The molecular formula is C15H23NO2. The van der Waals surface area contributed by atoms with Crippen LogP contribution in [0.1, 0.15) is 18.9 Å². The Balaban J connectivity index is 2.59. The van der Waals surface area contributed by atoms with Gasteiger partial charge in [0.15, 0.2) is 0 Å². The summed E-state index contributed by atoms with van der Waals surface area (Å²) in [6.45, 7) is 4.70. The van der Waals surface area contributed by atoms with Crippen LogP contribution in [0.4, 0.5) is 0 Å². The first-order chi connectivity index (χ1) is 8.80. The van der Waals surface area contributed by atoms with Crippen molar-refractivity contribution < 1.29 is 9.47 Å². The third-order valence-corrected chi connectivity index (χ3v) is 2.75. The summed E-state index contributed by atoms with van der Waals surface area (Å²) < 4.78 is 10.2. The van der Waals surface area contributed by atoms with Crippen molar-refractivity contribution in [1.82, 2.24) is 5.32 Å². The fourth-order valence-corrected chi connectivity index (χ4v) is 1.67. The highest BCUT2D eigenvalue weighted by Crippen LogP contribution is 2.16. The molecule has 0 unspecified atom stereocenters. The van der Waals surface area contributed by atoms with E-state index >= 15 is 0 Å². The Kier molecular flexibility index (Phi) is 7.14. The maximum absolute atomic E-state index is 5.22. The molecule has 0 saturated heterocycles. The minimum absolute atomic E-state index is 0.746. The van der Waals surface area contributed by atoms with Gasteiger partial charge < -0.3 is 14.8 Å². The fraction of sp³-hybridized carbons (Fsp3) is 0.467. The molecule has 0 aliphatic rings. The number of nitrogens with one attached hydrogen (secondary N) is 1. The minimum Gasteiger partial charge on any atom is -0.497 e. The van der Waals surface area contributed by atoms with Gasteiger partial charge in [0.1, 0.15) is 5.75 Å². The molecule has 0 heterocycles. The fourth-order valence-electron chi connectivity index (χ4n) is 1.67. The van der Waals surface area contributed by atoms with Gasteiger partial charge in [-0.25, -0.2) is 0 Å². The van der Waals surface area contributed by atoms with Gasteiger partial charge in [0.05, 0.1) is 13.7 Å². The molecule has 100 valence electrons. The lowest BCUT2D eigenvalue weighted by Gasteiger charge is -2.07. The van der Waals surface area contributed by atoms with Crippen molar-refractivity contribution in [3.8, 4) is 5.75 Å². The van der Waals surface area contributed by atoms with Gasteiger partial charge in [-0.2, -0.15) is 0 Å². The predicted molar refractivity (Wildman–Crippen MR) is 76.0 cm³/mol. The summed E-state index contributed by atoms with van der Waals surface area (Å²) >= 11 is 0. The topological polar surface area (TPSA) is 30.5 Å². The van der Waals surface area contributed by atoms with Crippen molar-refractivity contribution in [3.05, 3.63) is 35.4 Å². The van der Waals surface area contributed by atoms with Crippen LogP contribution in [0.25, 0.3) is 6.08 Å². The van der Waals surface area contributed by atoms with E-state index in [1.165, 1.54) is 11.1 Å². The summed E-state index contributed by atoms with van der Waals surface area (Å²) in [6, 6.07) is 8.11. The van der Waals surface area contributed by atoms with Crippen LogP contribution < -0.4 is 10.1 Å². The standard InChI is InChI=1S/C15H23NO2/c1-4-13(12-16-8-9-17-2)10-14-6-5-7-15(11-14)18-3/h5-7,10-11,16H,4,8-9,12H2,1-3H3. The molecule has 1 aromatic rings. The number of benzene rings is 1. The van der Waals surface area contributed by atoms with Gasteiger partial charge in [0.25, 0.3) is 0 Å². The van der Waals surface area contributed by atoms with E-state index in [4.69, 9.17) is 9.47 Å². The average molecular weight is 249 g/mol.